The standard InChI is InChI=1S/C23H34F2N2O3/c1-7-27(5)14-26-17-12-18(29-6)20-19(15(17)2)23(24,25)22(20,28)13-30-16-8-10-21(3,4)11-9-16/h12,14,16,28H,7-11,13H2,1-6H3. The lowest BCUT2D eigenvalue weighted by Gasteiger charge is -2.48. The molecule has 2 aliphatic rings. The third kappa shape index (κ3) is 3.82. The van der Waals surface area contributed by atoms with Crippen molar-refractivity contribution in [2.75, 3.05) is 27.3 Å². The van der Waals surface area contributed by atoms with E-state index in [0.29, 0.717) is 11.3 Å². The third-order valence-corrected chi connectivity index (χ3v) is 6.70. The SMILES string of the molecule is CCN(C)C=Nc1cc(OC)c2c(c1C)C(F)(F)C2(O)COC1CCC(C)(C)CC1. The lowest BCUT2D eigenvalue weighted by Crippen LogP contribution is -2.57. The number of halogens is 2. The zero-order valence-electron chi connectivity index (χ0n) is 18.9. The minimum atomic E-state index is -3.43. The van der Waals surface area contributed by atoms with E-state index in [-0.39, 0.29) is 28.4 Å². The topological polar surface area (TPSA) is 54.3 Å². The van der Waals surface area contributed by atoms with Gasteiger partial charge in [0.25, 0.3) is 0 Å². The van der Waals surface area contributed by atoms with Gasteiger partial charge in [0.1, 0.15) is 5.75 Å². The number of benzene rings is 1. The van der Waals surface area contributed by atoms with Crippen molar-refractivity contribution in [3.05, 3.63) is 22.8 Å². The monoisotopic (exact) mass is 424 g/mol. The van der Waals surface area contributed by atoms with Gasteiger partial charge in [0.2, 0.25) is 0 Å². The summed E-state index contributed by atoms with van der Waals surface area (Å²) in [5.41, 5.74) is -1.47. The van der Waals surface area contributed by atoms with Crippen molar-refractivity contribution in [2.24, 2.45) is 10.4 Å². The second kappa shape index (κ2) is 8.08. The highest BCUT2D eigenvalue weighted by Gasteiger charge is 2.68. The summed E-state index contributed by atoms with van der Waals surface area (Å²) in [6.07, 6.45) is 5.10. The first-order valence-corrected chi connectivity index (χ1v) is 10.7. The summed E-state index contributed by atoms with van der Waals surface area (Å²) in [6, 6.07) is 1.61. The highest BCUT2D eigenvalue weighted by atomic mass is 19.3. The molecular weight excluding hydrogens is 390 g/mol. The molecule has 3 rings (SSSR count). The van der Waals surface area contributed by atoms with E-state index in [2.05, 4.69) is 18.8 Å². The van der Waals surface area contributed by atoms with Gasteiger partial charge in [-0.3, -0.25) is 0 Å². The quantitative estimate of drug-likeness (QED) is 0.500. The van der Waals surface area contributed by atoms with Crippen molar-refractivity contribution < 1.29 is 23.4 Å². The van der Waals surface area contributed by atoms with E-state index < -0.39 is 18.1 Å². The Morgan fingerprint density at radius 3 is 2.47 bits per heavy atom. The van der Waals surface area contributed by atoms with Gasteiger partial charge in [-0.2, -0.15) is 8.78 Å². The fourth-order valence-corrected chi connectivity index (χ4v) is 4.33. The first-order chi connectivity index (χ1) is 14.0. The number of aliphatic hydroxyl groups is 1. The second-order valence-corrected chi connectivity index (χ2v) is 9.40. The molecule has 1 aromatic carbocycles. The molecular formula is C23H34F2N2O3. The first-order valence-electron chi connectivity index (χ1n) is 10.7. The van der Waals surface area contributed by atoms with Gasteiger partial charge < -0.3 is 19.5 Å². The zero-order chi connectivity index (χ0) is 22.3. The maximum Gasteiger partial charge on any atom is 0.308 e. The van der Waals surface area contributed by atoms with Gasteiger partial charge in [0.15, 0.2) is 5.60 Å². The van der Waals surface area contributed by atoms with Crippen LogP contribution in [0, 0.1) is 12.3 Å². The van der Waals surface area contributed by atoms with E-state index in [0.717, 1.165) is 32.2 Å². The van der Waals surface area contributed by atoms with E-state index in [1.807, 2.05) is 18.9 Å². The molecule has 0 aliphatic heterocycles. The van der Waals surface area contributed by atoms with Crippen LogP contribution in [0.15, 0.2) is 11.1 Å². The summed E-state index contributed by atoms with van der Waals surface area (Å²) in [7, 11) is 3.27. The number of rotatable bonds is 7. The number of hydrogen-bond donors (Lipinski definition) is 1. The molecule has 30 heavy (non-hydrogen) atoms. The number of hydrogen-bond acceptors (Lipinski definition) is 4. The Balaban J connectivity index is 1.87. The normalized spacial score (nSPS) is 25.1. The molecule has 7 heteroatoms. The molecule has 0 spiro atoms. The average molecular weight is 425 g/mol. The van der Waals surface area contributed by atoms with Gasteiger partial charge in [-0.05, 0) is 50.5 Å². The minimum Gasteiger partial charge on any atom is -0.496 e. The molecule has 1 unspecified atom stereocenters. The summed E-state index contributed by atoms with van der Waals surface area (Å²) in [6.45, 7) is 8.29. The van der Waals surface area contributed by atoms with Crippen LogP contribution < -0.4 is 4.74 Å². The molecule has 5 nitrogen and oxygen atoms in total. The van der Waals surface area contributed by atoms with E-state index in [1.165, 1.54) is 7.11 Å². The molecule has 1 N–H and O–H groups in total. The molecule has 2 aliphatic carbocycles. The van der Waals surface area contributed by atoms with Gasteiger partial charge >= 0.3 is 5.92 Å². The van der Waals surface area contributed by atoms with E-state index in [9.17, 15) is 5.11 Å². The number of ether oxygens (including phenoxy) is 2. The molecule has 0 radical (unpaired) electrons. The van der Waals surface area contributed by atoms with Crippen LogP contribution >= 0.6 is 0 Å². The maximum absolute atomic E-state index is 15.2. The average Bonchev–Trinajstić information content (AvgIpc) is 2.70. The lowest BCUT2D eigenvalue weighted by molar-refractivity contribution is -0.255. The van der Waals surface area contributed by atoms with Crippen LogP contribution in [0.3, 0.4) is 0 Å². The molecule has 1 saturated carbocycles. The smallest absolute Gasteiger partial charge is 0.308 e. The zero-order valence-corrected chi connectivity index (χ0v) is 18.9. The maximum atomic E-state index is 15.2. The Morgan fingerprint density at radius 2 is 1.90 bits per heavy atom. The number of nitrogens with zero attached hydrogens (tertiary/aromatic N) is 2. The molecule has 0 amide bonds. The molecule has 0 saturated heterocycles. The predicted molar refractivity (Wildman–Crippen MR) is 114 cm³/mol. The van der Waals surface area contributed by atoms with Crippen molar-refractivity contribution in [3.8, 4) is 5.75 Å². The van der Waals surface area contributed by atoms with E-state index in [1.54, 1.807) is 19.3 Å². The van der Waals surface area contributed by atoms with Crippen molar-refractivity contribution >= 4 is 12.0 Å². The predicted octanol–water partition coefficient (Wildman–Crippen LogP) is 4.89. The summed E-state index contributed by atoms with van der Waals surface area (Å²) in [5.74, 6) is -3.22. The van der Waals surface area contributed by atoms with Gasteiger partial charge in [0.05, 0.1) is 31.8 Å². The number of aliphatic imine (C=N–C) groups is 1. The third-order valence-electron chi connectivity index (χ3n) is 6.70. The molecule has 0 bridgehead atoms. The minimum absolute atomic E-state index is 0.109. The Morgan fingerprint density at radius 1 is 1.27 bits per heavy atom. The summed E-state index contributed by atoms with van der Waals surface area (Å²) >= 11 is 0. The van der Waals surface area contributed by atoms with E-state index in [4.69, 9.17) is 9.47 Å². The van der Waals surface area contributed by atoms with Crippen molar-refractivity contribution in [1.29, 1.82) is 0 Å². The Labute approximate surface area is 178 Å². The largest absolute Gasteiger partial charge is 0.496 e. The van der Waals surface area contributed by atoms with Crippen molar-refractivity contribution in [3.63, 3.8) is 0 Å². The van der Waals surface area contributed by atoms with Crippen molar-refractivity contribution in [1.82, 2.24) is 4.90 Å². The lowest BCUT2D eigenvalue weighted by atomic mass is 9.67. The number of fused-ring (bicyclic) bond motifs is 1. The van der Waals surface area contributed by atoms with Gasteiger partial charge in [-0.15, -0.1) is 0 Å². The summed E-state index contributed by atoms with van der Waals surface area (Å²) < 4.78 is 41.7. The summed E-state index contributed by atoms with van der Waals surface area (Å²) in [4.78, 5) is 6.19. The summed E-state index contributed by atoms with van der Waals surface area (Å²) in [5, 5.41) is 11.0. The van der Waals surface area contributed by atoms with Gasteiger partial charge in [-0.1, -0.05) is 13.8 Å². The Hall–Kier alpha value is -1.73. The number of alkyl halides is 2. The Bertz CT molecular complexity index is 815. The fourth-order valence-electron chi connectivity index (χ4n) is 4.33. The second-order valence-electron chi connectivity index (χ2n) is 9.40. The molecule has 1 fully saturated rings. The first kappa shape index (κ1) is 22.9. The molecule has 0 aromatic heterocycles. The van der Waals surface area contributed by atoms with Crippen LogP contribution in [0.2, 0.25) is 0 Å². The van der Waals surface area contributed by atoms with E-state index >= 15 is 8.78 Å². The van der Waals surface area contributed by atoms with Gasteiger partial charge in [-0.25, -0.2) is 4.99 Å². The van der Waals surface area contributed by atoms with Crippen LogP contribution in [-0.2, 0) is 16.3 Å². The van der Waals surface area contributed by atoms with Gasteiger partial charge in [0, 0.05) is 30.8 Å². The molecule has 1 atom stereocenters. The number of methoxy groups -OCH3 is 1. The molecule has 0 heterocycles. The van der Waals surface area contributed by atoms with Crippen LogP contribution in [0.1, 0.15) is 63.1 Å². The highest BCUT2D eigenvalue weighted by Crippen LogP contribution is 2.62. The molecule has 1 aromatic rings. The van der Waals surface area contributed by atoms with Crippen LogP contribution in [-0.4, -0.2) is 49.8 Å². The van der Waals surface area contributed by atoms with Crippen molar-refractivity contribution in [2.45, 2.75) is 71.0 Å². The van der Waals surface area contributed by atoms with Crippen LogP contribution in [0.5, 0.6) is 5.75 Å². The highest BCUT2D eigenvalue weighted by molar-refractivity contribution is 5.71. The van der Waals surface area contributed by atoms with Crippen LogP contribution in [0.4, 0.5) is 14.5 Å². The Kier molecular flexibility index (Phi) is 6.18. The van der Waals surface area contributed by atoms with Crippen LogP contribution in [0.25, 0.3) is 0 Å². The fraction of sp³-hybridized carbons (Fsp3) is 0.696. The molecule has 168 valence electrons.